The first-order valence-corrected chi connectivity index (χ1v) is 8.59. The number of nitro groups is 1. The van der Waals surface area contributed by atoms with E-state index in [1.807, 2.05) is 12.1 Å². The molecule has 1 heterocycles. The molecule has 144 valence electrons. The molecule has 0 spiro atoms. The van der Waals surface area contributed by atoms with Crippen LogP contribution in [0.4, 0.5) is 15.8 Å². The molecule has 0 unspecified atom stereocenters. The van der Waals surface area contributed by atoms with E-state index < -0.39 is 16.4 Å². The third-order valence-electron chi connectivity index (χ3n) is 3.85. The van der Waals surface area contributed by atoms with E-state index in [4.69, 9.17) is 16.0 Å². The van der Waals surface area contributed by atoms with Crippen molar-refractivity contribution in [3.05, 3.63) is 81.3 Å². The predicted molar refractivity (Wildman–Crippen MR) is 103 cm³/mol. The van der Waals surface area contributed by atoms with Gasteiger partial charge in [0.15, 0.2) is 0 Å². The Labute approximate surface area is 164 Å². The minimum absolute atomic E-state index is 0.131. The van der Waals surface area contributed by atoms with Crippen molar-refractivity contribution >= 4 is 28.9 Å². The standard InChI is InChI=1S/C19H15ClFN3O4/c20-13-3-1-12(2-4-13)18-8-6-15(28-18)10-23-19(25)11-22-14-5-7-16(21)17(9-14)24(26)27/h1-9,22H,10-11H2,(H,23,25). The van der Waals surface area contributed by atoms with E-state index in [9.17, 15) is 19.3 Å². The second kappa shape index (κ2) is 8.53. The van der Waals surface area contributed by atoms with Crippen LogP contribution in [0.3, 0.4) is 0 Å². The first-order chi connectivity index (χ1) is 13.4. The van der Waals surface area contributed by atoms with Crippen molar-refractivity contribution < 1.29 is 18.5 Å². The highest BCUT2D eigenvalue weighted by Crippen LogP contribution is 2.24. The van der Waals surface area contributed by atoms with Crippen LogP contribution in [0.1, 0.15) is 5.76 Å². The van der Waals surface area contributed by atoms with Gasteiger partial charge in [-0.2, -0.15) is 4.39 Å². The molecule has 0 fully saturated rings. The minimum Gasteiger partial charge on any atom is -0.459 e. The number of carbonyl (C=O) groups is 1. The summed E-state index contributed by atoms with van der Waals surface area (Å²) in [7, 11) is 0. The zero-order valence-electron chi connectivity index (χ0n) is 14.4. The summed E-state index contributed by atoms with van der Waals surface area (Å²) in [5.74, 6) is -0.0703. The van der Waals surface area contributed by atoms with Crippen molar-refractivity contribution in [2.45, 2.75) is 6.54 Å². The van der Waals surface area contributed by atoms with Crippen LogP contribution < -0.4 is 10.6 Å². The molecular formula is C19H15ClFN3O4. The van der Waals surface area contributed by atoms with Gasteiger partial charge in [-0.15, -0.1) is 0 Å². The SMILES string of the molecule is O=C(CNc1ccc(F)c([N+](=O)[O-])c1)NCc1ccc(-c2ccc(Cl)cc2)o1. The second-order valence-electron chi connectivity index (χ2n) is 5.83. The maximum Gasteiger partial charge on any atom is 0.306 e. The molecule has 1 amide bonds. The molecule has 0 aliphatic rings. The molecule has 1 aromatic heterocycles. The van der Waals surface area contributed by atoms with Gasteiger partial charge in [0.25, 0.3) is 0 Å². The number of carbonyl (C=O) groups excluding carboxylic acids is 1. The first-order valence-electron chi connectivity index (χ1n) is 8.21. The quantitative estimate of drug-likeness (QED) is 0.450. The number of nitro benzene ring substituents is 1. The molecule has 0 atom stereocenters. The molecule has 0 bridgehead atoms. The number of halogens is 2. The Bertz CT molecular complexity index is 1000. The molecule has 3 rings (SSSR count). The van der Waals surface area contributed by atoms with Crippen molar-refractivity contribution in [3.8, 4) is 11.3 Å². The van der Waals surface area contributed by atoms with E-state index in [0.29, 0.717) is 16.5 Å². The highest BCUT2D eigenvalue weighted by Gasteiger charge is 2.14. The molecule has 7 nitrogen and oxygen atoms in total. The number of nitrogens with one attached hydrogen (secondary N) is 2. The van der Waals surface area contributed by atoms with Crippen LogP contribution in [0.15, 0.2) is 59.0 Å². The molecule has 2 N–H and O–H groups in total. The van der Waals surface area contributed by atoms with Gasteiger partial charge in [-0.3, -0.25) is 14.9 Å². The van der Waals surface area contributed by atoms with Gasteiger partial charge in [0.1, 0.15) is 11.5 Å². The van der Waals surface area contributed by atoms with E-state index in [2.05, 4.69) is 10.6 Å². The maximum atomic E-state index is 13.3. The van der Waals surface area contributed by atoms with Gasteiger partial charge in [-0.1, -0.05) is 11.6 Å². The molecule has 3 aromatic rings. The molecule has 0 aliphatic carbocycles. The average Bonchev–Trinajstić information content (AvgIpc) is 3.15. The van der Waals surface area contributed by atoms with Crippen molar-refractivity contribution in [2.24, 2.45) is 0 Å². The Hall–Kier alpha value is -3.39. The number of nitrogens with zero attached hydrogens (tertiary/aromatic N) is 1. The number of furan rings is 1. The van der Waals surface area contributed by atoms with Crippen LogP contribution in [-0.2, 0) is 11.3 Å². The van der Waals surface area contributed by atoms with Gasteiger partial charge >= 0.3 is 5.69 Å². The molecule has 9 heteroatoms. The largest absolute Gasteiger partial charge is 0.459 e. The van der Waals surface area contributed by atoms with Crippen LogP contribution in [0.25, 0.3) is 11.3 Å². The van der Waals surface area contributed by atoms with Crippen LogP contribution in [0.5, 0.6) is 0 Å². The van der Waals surface area contributed by atoms with Gasteiger partial charge in [0.2, 0.25) is 11.7 Å². The van der Waals surface area contributed by atoms with Crippen molar-refractivity contribution in [1.82, 2.24) is 5.32 Å². The Kier molecular flexibility index (Phi) is 5.90. The predicted octanol–water partition coefficient (Wildman–Crippen LogP) is 4.38. The number of hydrogen-bond donors (Lipinski definition) is 2. The van der Waals surface area contributed by atoms with E-state index in [-0.39, 0.29) is 24.7 Å². The fourth-order valence-corrected chi connectivity index (χ4v) is 2.56. The fraction of sp³-hybridized carbons (Fsp3) is 0.105. The zero-order valence-corrected chi connectivity index (χ0v) is 15.2. The normalized spacial score (nSPS) is 10.5. The lowest BCUT2D eigenvalue weighted by molar-refractivity contribution is -0.387. The summed E-state index contributed by atoms with van der Waals surface area (Å²) in [4.78, 5) is 21.9. The molecule has 0 saturated heterocycles. The van der Waals surface area contributed by atoms with Gasteiger partial charge in [-0.05, 0) is 48.5 Å². The van der Waals surface area contributed by atoms with E-state index in [1.54, 1.807) is 24.3 Å². The van der Waals surface area contributed by atoms with Crippen molar-refractivity contribution in [1.29, 1.82) is 0 Å². The number of amides is 1. The van der Waals surface area contributed by atoms with Gasteiger partial charge < -0.3 is 15.1 Å². The zero-order chi connectivity index (χ0) is 20.1. The molecule has 0 saturated carbocycles. The molecule has 0 radical (unpaired) electrons. The summed E-state index contributed by atoms with van der Waals surface area (Å²) in [6, 6.07) is 14.0. The third-order valence-corrected chi connectivity index (χ3v) is 4.10. The highest BCUT2D eigenvalue weighted by atomic mass is 35.5. The number of benzene rings is 2. The summed E-state index contributed by atoms with van der Waals surface area (Å²) < 4.78 is 19.0. The van der Waals surface area contributed by atoms with Crippen molar-refractivity contribution in [2.75, 3.05) is 11.9 Å². The van der Waals surface area contributed by atoms with Crippen LogP contribution in [0.2, 0.25) is 5.02 Å². The van der Waals surface area contributed by atoms with E-state index in [0.717, 1.165) is 17.7 Å². The number of anilines is 1. The Morgan fingerprint density at radius 1 is 1.14 bits per heavy atom. The molecule has 28 heavy (non-hydrogen) atoms. The average molecular weight is 404 g/mol. The molecular weight excluding hydrogens is 389 g/mol. The number of rotatable bonds is 7. The summed E-state index contributed by atoms with van der Waals surface area (Å²) in [5.41, 5.74) is 0.476. The first kappa shape index (κ1) is 19.4. The Balaban J connectivity index is 1.52. The van der Waals surface area contributed by atoms with Crippen LogP contribution >= 0.6 is 11.6 Å². The Morgan fingerprint density at radius 3 is 2.61 bits per heavy atom. The van der Waals surface area contributed by atoms with Crippen molar-refractivity contribution in [3.63, 3.8) is 0 Å². The summed E-state index contributed by atoms with van der Waals surface area (Å²) in [6.45, 7) is 0.0468. The van der Waals surface area contributed by atoms with Crippen LogP contribution in [0, 0.1) is 15.9 Å². The molecule has 2 aromatic carbocycles. The lowest BCUT2D eigenvalue weighted by Gasteiger charge is -2.07. The second-order valence-corrected chi connectivity index (χ2v) is 6.26. The monoisotopic (exact) mass is 403 g/mol. The van der Waals surface area contributed by atoms with Gasteiger partial charge in [0.05, 0.1) is 18.0 Å². The summed E-state index contributed by atoms with van der Waals surface area (Å²) in [5, 5.41) is 16.7. The topological polar surface area (TPSA) is 97.4 Å². The summed E-state index contributed by atoms with van der Waals surface area (Å²) in [6.07, 6.45) is 0. The lowest BCUT2D eigenvalue weighted by Crippen LogP contribution is -2.29. The minimum atomic E-state index is -0.936. The summed E-state index contributed by atoms with van der Waals surface area (Å²) >= 11 is 5.86. The smallest absolute Gasteiger partial charge is 0.306 e. The Morgan fingerprint density at radius 2 is 1.89 bits per heavy atom. The molecule has 0 aliphatic heterocycles. The van der Waals surface area contributed by atoms with Gasteiger partial charge in [-0.25, -0.2) is 0 Å². The van der Waals surface area contributed by atoms with E-state index >= 15 is 0 Å². The lowest BCUT2D eigenvalue weighted by atomic mass is 10.2. The van der Waals surface area contributed by atoms with E-state index in [1.165, 1.54) is 6.07 Å². The van der Waals surface area contributed by atoms with Gasteiger partial charge in [0, 0.05) is 22.3 Å². The fourth-order valence-electron chi connectivity index (χ4n) is 2.44. The number of hydrogen-bond acceptors (Lipinski definition) is 5. The third kappa shape index (κ3) is 4.86. The van der Waals surface area contributed by atoms with Crippen LogP contribution in [-0.4, -0.2) is 17.4 Å². The highest BCUT2D eigenvalue weighted by molar-refractivity contribution is 6.30. The maximum absolute atomic E-state index is 13.3.